The molecular weight excluding hydrogens is 242 g/mol. The Morgan fingerprint density at radius 2 is 1.94 bits per heavy atom. The summed E-state index contributed by atoms with van der Waals surface area (Å²) in [6, 6.07) is -0.997. The van der Waals surface area contributed by atoms with Crippen molar-refractivity contribution in [3.05, 3.63) is 0 Å². The van der Waals surface area contributed by atoms with Crippen molar-refractivity contribution in [1.82, 2.24) is 4.31 Å². The van der Waals surface area contributed by atoms with Gasteiger partial charge in [-0.3, -0.25) is 4.79 Å². The summed E-state index contributed by atoms with van der Waals surface area (Å²) in [4.78, 5) is 10.7. The van der Waals surface area contributed by atoms with Crippen LogP contribution >= 0.6 is 0 Å². The molecule has 0 spiro atoms. The van der Waals surface area contributed by atoms with Crippen LogP contribution < -0.4 is 0 Å². The Hall–Kier alpha value is -0.620. The van der Waals surface area contributed by atoms with E-state index in [1.807, 2.05) is 0 Å². The molecule has 0 amide bonds. The molecule has 0 bridgehead atoms. The zero-order chi connectivity index (χ0) is 13.1. The zero-order valence-corrected chi connectivity index (χ0v) is 11.2. The lowest BCUT2D eigenvalue weighted by atomic mass is 10.1. The fourth-order valence-corrected chi connectivity index (χ4v) is 3.65. The van der Waals surface area contributed by atoms with Crippen LogP contribution in [0.5, 0.6) is 0 Å². The lowest BCUT2D eigenvalue weighted by molar-refractivity contribution is -0.140. The molecule has 1 atom stereocenters. The van der Waals surface area contributed by atoms with E-state index >= 15 is 0 Å². The van der Waals surface area contributed by atoms with Crippen LogP contribution in [0.4, 0.5) is 0 Å². The fourth-order valence-electron chi connectivity index (χ4n) is 2.16. The molecule has 1 rings (SSSR count). The number of hydrogen-bond acceptors (Lipinski definition) is 3. The molecule has 1 aliphatic rings. The molecule has 0 aliphatic heterocycles. The molecule has 1 aliphatic carbocycles. The predicted molar refractivity (Wildman–Crippen MR) is 65.2 cm³/mol. The van der Waals surface area contributed by atoms with Crippen LogP contribution in [0.1, 0.15) is 39.0 Å². The molecule has 1 saturated carbocycles. The van der Waals surface area contributed by atoms with Gasteiger partial charge in [0.15, 0.2) is 0 Å². The van der Waals surface area contributed by atoms with E-state index < -0.39 is 22.0 Å². The van der Waals surface area contributed by atoms with Crippen LogP contribution in [0.25, 0.3) is 0 Å². The molecule has 17 heavy (non-hydrogen) atoms. The van der Waals surface area contributed by atoms with Crippen molar-refractivity contribution in [2.45, 2.75) is 45.1 Å². The standard InChI is InChI=1S/C11H21NO4S/c1-9(11(13)14)12(2)17(15,16)8-7-10-5-3-4-6-10/h9-10H,3-8H2,1-2H3,(H,13,14). The van der Waals surface area contributed by atoms with Gasteiger partial charge in [-0.15, -0.1) is 0 Å². The monoisotopic (exact) mass is 263 g/mol. The normalized spacial score (nSPS) is 19.7. The highest BCUT2D eigenvalue weighted by Gasteiger charge is 2.28. The van der Waals surface area contributed by atoms with Crippen molar-refractivity contribution in [2.24, 2.45) is 5.92 Å². The summed E-state index contributed by atoms with van der Waals surface area (Å²) in [5, 5.41) is 8.79. The van der Waals surface area contributed by atoms with Crippen LogP contribution in [0.15, 0.2) is 0 Å². The molecule has 5 nitrogen and oxygen atoms in total. The van der Waals surface area contributed by atoms with Crippen LogP contribution in [0.3, 0.4) is 0 Å². The van der Waals surface area contributed by atoms with Crippen molar-refractivity contribution < 1.29 is 18.3 Å². The second-order valence-corrected chi connectivity index (χ2v) is 6.93. The lowest BCUT2D eigenvalue weighted by Crippen LogP contribution is -2.41. The maximum absolute atomic E-state index is 11.9. The minimum Gasteiger partial charge on any atom is -0.480 e. The second-order valence-electron chi connectivity index (χ2n) is 4.79. The van der Waals surface area contributed by atoms with Gasteiger partial charge in [-0.05, 0) is 19.3 Å². The SMILES string of the molecule is CC(C(=O)O)N(C)S(=O)(=O)CCC1CCCC1. The average molecular weight is 263 g/mol. The number of carbonyl (C=O) groups is 1. The largest absolute Gasteiger partial charge is 0.480 e. The summed E-state index contributed by atoms with van der Waals surface area (Å²) in [6.45, 7) is 1.38. The molecule has 0 aromatic rings. The van der Waals surface area contributed by atoms with Gasteiger partial charge in [0.2, 0.25) is 10.0 Å². The number of nitrogens with zero attached hydrogens (tertiary/aromatic N) is 1. The predicted octanol–water partition coefficient (Wildman–Crippen LogP) is 1.30. The van der Waals surface area contributed by atoms with E-state index in [0.29, 0.717) is 12.3 Å². The lowest BCUT2D eigenvalue weighted by Gasteiger charge is -2.21. The van der Waals surface area contributed by atoms with Crippen LogP contribution in [0, 0.1) is 5.92 Å². The first-order valence-corrected chi connectivity index (χ1v) is 7.64. The summed E-state index contributed by atoms with van der Waals surface area (Å²) in [7, 11) is -2.10. The Bertz CT molecular complexity index is 360. The number of carboxylic acid groups (broad SMARTS) is 1. The summed E-state index contributed by atoms with van der Waals surface area (Å²) >= 11 is 0. The van der Waals surface area contributed by atoms with E-state index in [4.69, 9.17) is 5.11 Å². The first-order valence-electron chi connectivity index (χ1n) is 6.03. The minimum absolute atomic E-state index is 0.0613. The number of rotatable bonds is 6. The quantitative estimate of drug-likeness (QED) is 0.784. The van der Waals surface area contributed by atoms with E-state index in [1.54, 1.807) is 0 Å². The van der Waals surface area contributed by atoms with Crippen LogP contribution in [0.2, 0.25) is 0 Å². The minimum atomic E-state index is -3.44. The molecule has 1 unspecified atom stereocenters. The molecular formula is C11H21NO4S. The van der Waals surface area contributed by atoms with Crippen molar-refractivity contribution in [1.29, 1.82) is 0 Å². The van der Waals surface area contributed by atoms with Crippen molar-refractivity contribution in [2.75, 3.05) is 12.8 Å². The third-order valence-electron chi connectivity index (χ3n) is 3.60. The third-order valence-corrected chi connectivity index (χ3v) is 5.55. The van der Waals surface area contributed by atoms with E-state index in [-0.39, 0.29) is 5.75 Å². The zero-order valence-electron chi connectivity index (χ0n) is 10.4. The highest BCUT2D eigenvalue weighted by molar-refractivity contribution is 7.89. The van der Waals surface area contributed by atoms with Gasteiger partial charge in [0.1, 0.15) is 6.04 Å². The first-order chi connectivity index (χ1) is 7.84. The van der Waals surface area contributed by atoms with Crippen molar-refractivity contribution in [3.8, 4) is 0 Å². The molecule has 1 N–H and O–H groups in total. The highest BCUT2D eigenvalue weighted by atomic mass is 32.2. The van der Waals surface area contributed by atoms with Gasteiger partial charge >= 0.3 is 5.97 Å². The van der Waals surface area contributed by atoms with Gasteiger partial charge < -0.3 is 5.11 Å². The van der Waals surface area contributed by atoms with E-state index in [9.17, 15) is 13.2 Å². The van der Waals surface area contributed by atoms with Gasteiger partial charge in [-0.1, -0.05) is 25.7 Å². The molecule has 0 radical (unpaired) electrons. The van der Waals surface area contributed by atoms with Gasteiger partial charge in [0, 0.05) is 7.05 Å². The molecule has 6 heteroatoms. The smallest absolute Gasteiger partial charge is 0.321 e. The van der Waals surface area contributed by atoms with Crippen molar-refractivity contribution >= 4 is 16.0 Å². The summed E-state index contributed by atoms with van der Waals surface area (Å²) in [5.41, 5.74) is 0. The first kappa shape index (κ1) is 14.4. The van der Waals surface area contributed by atoms with Crippen LogP contribution in [-0.4, -0.2) is 42.6 Å². The number of aliphatic carboxylic acids is 1. The molecule has 1 fully saturated rings. The molecule has 0 saturated heterocycles. The third kappa shape index (κ3) is 3.96. The van der Waals surface area contributed by atoms with Crippen LogP contribution in [-0.2, 0) is 14.8 Å². The Morgan fingerprint density at radius 1 is 1.41 bits per heavy atom. The average Bonchev–Trinajstić information content (AvgIpc) is 2.77. The Balaban J connectivity index is 2.52. The second kappa shape index (κ2) is 5.82. The fraction of sp³-hybridized carbons (Fsp3) is 0.909. The number of hydrogen-bond donors (Lipinski definition) is 1. The maximum Gasteiger partial charge on any atom is 0.321 e. The molecule has 0 aromatic heterocycles. The number of likely N-dealkylation sites (N-methyl/N-ethyl adjacent to an activating group) is 1. The molecule has 0 heterocycles. The van der Waals surface area contributed by atoms with Crippen molar-refractivity contribution in [3.63, 3.8) is 0 Å². The van der Waals surface area contributed by atoms with Gasteiger partial charge in [-0.2, -0.15) is 4.31 Å². The highest BCUT2D eigenvalue weighted by Crippen LogP contribution is 2.28. The maximum atomic E-state index is 11.9. The Kier molecular flexibility index (Phi) is 4.94. The number of sulfonamides is 1. The van der Waals surface area contributed by atoms with Gasteiger partial charge in [0.25, 0.3) is 0 Å². The summed E-state index contributed by atoms with van der Waals surface area (Å²) in [6.07, 6.45) is 5.23. The van der Waals surface area contributed by atoms with E-state index in [0.717, 1.165) is 17.1 Å². The Labute approximate surface area is 103 Å². The topological polar surface area (TPSA) is 74.7 Å². The van der Waals surface area contributed by atoms with E-state index in [2.05, 4.69) is 0 Å². The van der Waals surface area contributed by atoms with Gasteiger partial charge in [-0.25, -0.2) is 8.42 Å². The van der Waals surface area contributed by atoms with Gasteiger partial charge in [0.05, 0.1) is 5.75 Å². The summed E-state index contributed by atoms with van der Waals surface area (Å²) in [5.74, 6) is -0.554. The van der Waals surface area contributed by atoms with E-state index in [1.165, 1.54) is 26.8 Å². The number of carboxylic acids is 1. The molecule has 0 aromatic carbocycles. The summed E-state index contributed by atoms with van der Waals surface area (Å²) < 4.78 is 24.8. The molecule has 100 valence electrons. The Morgan fingerprint density at radius 3 is 2.41 bits per heavy atom.